The molecule has 5 nitrogen and oxygen atoms in total. The minimum Gasteiger partial charge on any atom is -0.496 e. The maximum absolute atomic E-state index is 11.7. The molecule has 0 amide bonds. The van der Waals surface area contributed by atoms with Crippen molar-refractivity contribution in [2.24, 2.45) is 5.92 Å². The first-order valence-electron chi connectivity index (χ1n) is 9.45. The number of nitrogens with one attached hydrogen (secondary N) is 1. The monoisotopic (exact) mass is 372 g/mol. The highest BCUT2D eigenvalue weighted by atomic mass is 16.6. The predicted octanol–water partition coefficient (Wildman–Crippen LogP) is 5.58. The number of fused-ring (bicyclic) bond motifs is 4. The average Bonchev–Trinajstić information content (AvgIpc) is 3.22. The number of ether oxygens (including phenoxy) is 1. The Morgan fingerprint density at radius 2 is 1.96 bits per heavy atom. The summed E-state index contributed by atoms with van der Waals surface area (Å²) in [7, 11) is 1.68. The lowest BCUT2D eigenvalue weighted by atomic mass is 9.75. The Balaban J connectivity index is 1.75. The molecule has 1 N–H and O–H groups in total. The van der Waals surface area contributed by atoms with Crippen LogP contribution in [0, 0.1) is 16.0 Å². The van der Waals surface area contributed by atoms with E-state index >= 15 is 0 Å². The number of benzene rings is 3. The van der Waals surface area contributed by atoms with Gasteiger partial charge in [-0.3, -0.25) is 10.1 Å². The quantitative estimate of drug-likeness (QED) is 0.370. The van der Waals surface area contributed by atoms with Crippen molar-refractivity contribution in [3.8, 4) is 5.75 Å². The zero-order valence-electron chi connectivity index (χ0n) is 15.5. The molecule has 0 bridgehead atoms. The molecule has 3 atom stereocenters. The molecule has 5 rings (SSSR count). The molecule has 3 unspecified atom stereocenters. The molecule has 0 spiro atoms. The standard InChI is InChI=1S/C23H20N2O3/c1-28-20-13-12-14-6-2-3-7-15(14)21(20)23-18-9-4-8-16(18)17-10-5-11-19(25(26)27)22(17)24-23/h2-8,10-13,16,18,23-24H,9H2,1H3. The highest BCUT2D eigenvalue weighted by molar-refractivity contribution is 5.89. The molecule has 1 aliphatic carbocycles. The van der Waals surface area contributed by atoms with E-state index in [4.69, 9.17) is 4.74 Å². The smallest absolute Gasteiger partial charge is 0.292 e. The largest absolute Gasteiger partial charge is 0.496 e. The van der Waals surface area contributed by atoms with E-state index in [1.54, 1.807) is 19.2 Å². The van der Waals surface area contributed by atoms with Gasteiger partial charge in [-0.05, 0) is 34.7 Å². The summed E-state index contributed by atoms with van der Waals surface area (Å²) < 4.78 is 5.73. The first-order valence-corrected chi connectivity index (χ1v) is 9.45. The van der Waals surface area contributed by atoms with Gasteiger partial charge in [0.25, 0.3) is 5.69 Å². The highest BCUT2D eigenvalue weighted by Gasteiger charge is 2.41. The van der Waals surface area contributed by atoms with Gasteiger partial charge in [0, 0.05) is 17.5 Å². The number of allylic oxidation sites excluding steroid dienone is 2. The lowest BCUT2D eigenvalue weighted by Crippen LogP contribution is -2.30. The number of methoxy groups -OCH3 is 1. The predicted molar refractivity (Wildman–Crippen MR) is 110 cm³/mol. The van der Waals surface area contributed by atoms with Gasteiger partial charge in [0.15, 0.2) is 0 Å². The fourth-order valence-electron chi connectivity index (χ4n) is 4.82. The third kappa shape index (κ3) is 2.39. The number of nitro benzene ring substituents is 1. The minimum absolute atomic E-state index is 0.0744. The normalized spacial score (nSPS) is 22.4. The molecule has 1 aliphatic heterocycles. The molecule has 0 fully saturated rings. The first-order chi connectivity index (χ1) is 13.7. The number of hydrogen-bond acceptors (Lipinski definition) is 4. The molecule has 5 heteroatoms. The van der Waals surface area contributed by atoms with E-state index in [2.05, 4.69) is 35.7 Å². The molecule has 140 valence electrons. The van der Waals surface area contributed by atoms with Gasteiger partial charge in [0.05, 0.1) is 18.1 Å². The average molecular weight is 372 g/mol. The summed E-state index contributed by atoms with van der Waals surface area (Å²) in [5.74, 6) is 1.25. The minimum atomic E-state index is -0.303. The summed E-state index contributed by atoms with van der Waals surface area (Å²) in [6.45, 7) is 0. The van der Waals surface area contributed by atoms with Crippen LogP contribution < -0.4 is 10.1 Å². The number of anilines is 1. The molecule has 0 aromatic heterocycles. The fourth-order valence-corrected chi connectivity index (χ4v) is 4.82. The summed E-state index contributed by atoms with van der Waals surface area (Å²) in [6, 6.07) is 17.6. The Bertz CT molecular complexity index is 1120. The number of rotatable bonds is 3. The summed E-state index contributed by atoms with van der Waals surface area (Å²) in [4.78, 5) is 11.4. The molecule has 28 heavy (non-hydrogen) atoms. The van der Waals surface area contributed by atoms with Crippen LogP contribution in [-0.4, -0.2) is 12.0 Å². The van der Waals surface area contributed by atoms with Gasteiger partial charge < -0.3 is 10.1 Å². The Morgan fingerprint density at radius 3 is 2.79 bits per heavy atom. The summed E-state index contributed by atoms with van der Waals surface area (Å²) in [5.41, 5.74) is 2.83. The first kappa shape index (κ1) is 16.8. The Morgan fingerprint density at radius 1 is 1.11 bits per heavy atom. The van der Waals surface area contributed by atoms with Crippen LogP contribution in [-0.2, 0) is 0 Å². The van der Waals surface area contributed by atoms with E-state index in [0.29, 0.717) is 5.69 Å². The summed E-state index contributed by atoms with van der Waals surface area (Å²) in [6.07, 6.45) is 5.31. The number of nitro groups is 1. The third-order valence-corrected chi connectivity index (χ3v) is 6.03. The van der Waals surface area contributed by atoms with E-state index < -0.39 is 0 Å². The van der Waals surface area contributed by atoms with Crippen LogP contribution in [0.1, 0.15) is 29.5 Å². The number of hydrogen-bond donors (Lipinski definition) is 1. The third-order valence-electron chi connectivity index (χ3n) is 6.03. The fraction of sp³-hybridized carbons (Fsp3) is 0.217. The maximum atomic E-state index is 11.7. The lowest BCUT2D eigenvalue weighted by molar-refractivity contribution is -0.384. The number of nitrogens with zero attached hydrogens (tertiary/aromatic N) is 1. The molecule has 2 aliphatic rings. The zero-order chi connectivity index (χ0) is 19.3. The van der Waals surface area contributed by atoms with Crippen molar-refractivity contribution in [1.82, 2.24) is 0 Å². The van der Waals surface area contributed by atoms with Gasteiger partial charge in [-0.15, -0.1) is 0 Å². The Kier molecular flexibility index (Phi) is 3.83. The van der Waals surface area contributed by atoms with E-state index in [9.17, 15) is 10.1 Å². The summed E-state index contributed by atoms with van der Waals surface area (Å²) >= 11 is 0. The second kappa shape index (κ2) is 6.37. The van der Waals surface area contributed by atoms with Gasteiger partial charge in [0.1, 0.15) is 11.4 Å². The molecule has 0 saturated carbocycles. The van der Waals surface area contributed by atoms with Crippen LogP contribution in [0.4, 0.5) is 11.4 Å². The van der Waals surface area contributed by atoms with Crippen molar-refractivity contribution < 1.29 is 9.66 Å². The molecular formula is C23H20N2O3. The Hall–Kier alpha value is -3.34. The van der Waals surface area contributed by atoms with Crippen LogP contribution in [0.25, 0.3) is 10.8 Å². The maximum Gasteiger partial charge on any atom is 0.292 e. The van der Waals surface area contributed by atoms with Gasteiger partial charge in [-0.25, -0.2) is 0 Å². The topological polar surface area (TPSA) is 64.4 Å². The van der Waals surface area contributed by atoms with Crippen molar-refractivity contribution in [3.05, 3.63) is 88.0 Å². The van der Waals surface area contributed by atoms with Crippen LogP contribution >= 0.6 is 0 Å². The van der Waals surface area contributed by atoms with Crippen LogP contribution in [0.3, 0.4) is 0 Å². The highest BCUT2D eigenvalue weighted by Crippen LogP contribution is 2.54. The second-order valence-corrected chi connectivity index (χ2v) is 7.38. The van der Waals surface area contributed by atoms with Crippen molar-refractivity contribution in [2.75, 3.05) is 12.4 Å². The van der Waals surface area contributed by atoms with Crippen molar-refractivity contribution in [1.29, 1.82) is 0 Å². The summed E-state index contributed by atoms with van der Waals surface area (Å²) in [5, 5.41) is 17.5. The molecule has 3 aromatic carbocycles. The van der Waals surface area contributed by atoms with Crippen LogP contribution in [0.2, 0.25) is 0 Å². The van der Waals surface area contributed by atoms with Gasteiger partial charge in [-0.2, -0.15) is 0 Å². The SMILES string of the molecule is COc1ccc2ccccc2c1C1Nc2c(cccc2[N+](=O)[O-])C2C=CCC21. The molecular weight excluding hydrogens is 352 g/mol. The second-order valence-electron chi connectivity index (χ2n) is 7.38. The van der Waals surface area contributed by atoms with Gasteiger partial charge >= 0.3 is 0 Å². The zero-order valence-corrected chi connectivity index (χ0v) is 15.5. The Labute approximate surface area is 162 Å². The van der Waals surface area contributed by atoms with E-state index in [1.807, 2.05) is 24.3 Å². The molecule has 3 aromatic rings. The van der Waals surface area contributed by atoms with Crippen molar-refractivity contribution in [3.63, 3.8) is 0 Å². The van der Waals surface area contributed by atoms with Crippen molar-refractivity contribution >= 4 is 22.1 Å². The van der Waals surface area contributed by atoms with Crippen molar-refractivity contribution in [2.45, 2.75) is 18.4 Å². The molecule has 1 heterocycles. The van der Waals surface area contributed by atoms with Gasteiger partial charge in [0.2, 0.25) is 0 Å². The van der Waals surface area contributed by atoms with E-state index in [0.717, 1.165) is 34.1 Å². The van der Waals surface area contributed by atoms with Gasteiger partial charge in [-0.1, -0.05) is 54.6 Å². The van der Waals surface area contributed by atoms with E-state index in [1.165, 1.54) is 0 Å². The molecule has 0 radical (unpaired) electrons. The number of para-hydroxylation sites is 1. The lowest BCUT2D eigenvalue weighted by Gasteiger charge is -2.38. The van der Waals surface area contributed by atoms with Crippen LogP contribution in [0.15, 0.2) is 66.7 Å². The van der Waals surface area contributed by atoms with E-state index in [-0.39, 0.29) is 28.5 Å². The van der Waals surface area contributed by atoms with Crippen LogP contribution in [0.5, 0.6) is 5.75 Å². The molecule has 0 saturated heterocycles.